The van der Waals surface area contributed by atoms with E-state index in [-0.39, 0.29) is 11.6 Å². The van der Waals surface area contributed by atoms with E-state index in [9.17, 15) is 14.4 Å². The fraction of sp³-hybridized carbons (Fsp3) is 0.0488. The van der Waals surface area contributed by atoms with Crippen molar-refractivity contribution in [1.29, 1.82) is 0 Å². The number of furan rings is 1. The molecule has 6 aromatic rings. The van der Waals surface area contributed by atoms with Crippen LogP contribution in [0.3, 0.4) is 0 Å². The molecular weight excluding hydrogens is 631 g/mol. The van der Waals surface area contributed by atoms with Gasteiger partial charge in [-0.05, 0) is 79.7 Å². The second kappa shape index (κ2) is 15.6. The van der Waals surface area contributed by atoms with Crippen molar-refractivity contribution in [3.63, 3.8) is 0 Å². The van der Waals surface area contributed by atoms with Crippen molar-refractivity contribution in [2.75, 3.05) is 10.2 Å². The second-order valence-corrected chi connectivity index (χ2v) is 12.4. The van der Waals surface area contributed by atoms with Crippen molar-refractivity contribution in [3.05, 3.63) is 175 Å². The number of thioether (sulfide) groups is 1. The highest BCUT2D eigenvalue weighted by molar-refractivity contribution is 8.00. The number of nitrogens with zero attached hydrogens (tertiary/aromatic N) is 1. The first-order valence-corrected chi connectivity index (χ1v) is 16.6. The minimum Gasteiger partial charge on any atom is -0.457 e. The predicted molar refractivity (Wildman–Crippen MR) is 196 cm³/mol. The molecule has 49 heavy (non-hydrogen) atoms. The molecule has 0 radical (unpaired) electrons. The van der Waals surface area contributed by atoms with Gasteiger partial charge in [-0.15, -0.1) is 11.8 Å². The van der Waals surface area contributed by atoms with Crippen LogP contribution >= 0.6 is 11.8 Å². The zero-order valence-corrected chi connectivity index (χ0v) is 27.5. The van der Waals surface area contributed by atoms with E-state index in [1.165, 1.54) is 17.8 Å². The Kier molecular flexibility index (Phi) is 10.5. The van der Waals surface area contributed by atoms with Crippen LogP contribution in [0.1, 0.15) is 23.0 Å². The highest BCUT2D eigenvalue weighted by Gasteiger charge is 2.24. The summed E-state index contributed by atoms with van der Waals surface area (Å²) in [6.07, 6.45) is 1.51. The normalized spacial score (nSPS) is 11.7. The summed E-state index contributed by atoms with van der Waals surface area (Å²) in [6, 6.07) is 48.2. The first-order chi connectivity index (χ1) is 23.9. The van der Waals surface area contributed by atoms with Gasteiger partial charge in [-0.3, -0.25) is 19.3 Å². The van der Waals surface area contributed by atoms with Crippen LogP contribution in [0.25, 0.3) is 17.4 Å². The smallest absolute Gasteiger partial charge is 0.272 e. The molecule has 8 heteroatoms. The molecule has 0 saturated carbocycles. The number of hydrogen-bond donors (Lipinski definition) is 2. The lowest BCUT2D eigenvalue weighted by atomic mass is 10.2. The van der Waals surface area contributed by atoms with Crippen LogP contribution in [0.2, 0.25) is 0 Å². The molecule has 0 unspecified atom stereocenters. The Morgan fingerprint density at radius 2 is 1.22 bits per heavy atom. The molecular formula is C41H33N3O4S. The van der Waals surface area contributed by atoms with E-state index in [2.05, 4.69) is 10.6 Å². The quantitative estimate of drug-likeness (QED) is 0.107. The van der Waals surface area contributed by atoms with E-state index in [4.69, 9.17) is 4.42 Å². The zero-order valence-electron chi connectivity index (χ0n) is 26.7. The first kappa shape index (κ1) is 32.8. The van der Waals surface area contributed by atoms with Crippen LogP contribution < -0.4 is 15.5 Å². The average molecular weight is 664 g/mol. The molecule has 1 atom stereocenters. The molecule has 0 spiro atoms. The SMILES string of the molecule is C[C@@H](Sc1ccc(NC(=O)/C(=C/c2ccc(-c3ccccc3)o2)NC(=O)c2ccccc2)cc1)C(=O)N(c1ccccc1)c1ccccc1. The Hall–Kier alpha value is -6.12. The Morgan fingerprint density at radius 1 is 0.673 bits per heavy atom. The van der Waals surface area contributed by atoms with Crippen molar-refractivity contribution >= 4 is 52.6 Å². The zero-order chi connectivity index (χ0) is 34.0. The molecule has 0 fully saturated rings. The van der Waals surface area contributed by atoms with Crippen molar-refractivity contribution < 1.29 is 18.8 Å². The Morgan fingerprint density at radius 3 is 1.82 bits per heavy atom. The number of para-hydroxylation sites is 2. The largest absolute Gasteiger partial charge is 0.457 e. The summed E-state index contributed by atoms with van der Waals surface area (Å²) in [5.74, 6) is 0.0341. The van der Waals surface area contributed by atoms with E-state index in [1.54, 1.807) is 47.4 Å². The van der Waals surface area contributed by atoms with Crippen molar-refractivity contribution in [2.24, 2.45) is 0 Å². The maximum absolute atomic E-state index is 13.8. The fourth-order valence-corrected chi connectivity index (χ4v) is 5.99. The van der Waals surface area contributed by atoms with Crippen LogP contribution in [-0.4, -0.2) is 23.0 Å². The summed E-state index contributed by atoms with van der Waals surface area (Å²) in [5, 5.41) is 5.21. The van der Waals surface area contributed by atoms with Crippen molar-refractivity contribution in [3.8, 4) is 11.3 Å². The minimum absolute atomic E-state index is 0.0161. The lowest BCUT2D eigenvalue weighted by molar-refractivity contribution is -0.117. The first-order valence-electron chi connectivity index (χ1n) is 15.7. The van der Waals surface area contributed by atoms with Gasteiger partial charge in [0, 0.05) is 39.2 Å². The molecule has 242 valence electrons. The number of rotatable bonds is 11. The molecule has 6 rings (SSSR count). The third-order valence-electron chi connectivity index (χ3n) is 7.52. The molecule has 2 N–H and O–H groups in total. The van der Waals surface area contributed by atoms with Gasteiger partial charge in [-0.1, -0.05) is 84.9 Å². The third kappa shape index (κ3) is 8.43. The predicted octanol–water partition coefficient (Wildman–Crippen LogP) is 9.20. The molecule has 1 heterocycles. The highest BCUT2D eigenvalue weighted by Crippen LogP contribution is 2.32. The van der Waals surface area contributed by atoms with E-state index in [0.717, 1.165) is 21.8 Å². The van der Waals surface area contributed by atoms with Gasteiger partial charge in [0.15, 0.2) is 0 Å². The molecule has 0 aliphatic heterocycles. The van der Waals surface area contributed by atoms with Gasteiger partial charge in [0.1, 0.15) is 17.2 Å². The van der Waals surface area contributed by atoms with Gasteiger partial charge < -0.3 is 15.1 Å². The number of hydrogen-bond acceptors (Lipinski definition) is 5. The van der Waals surface area contributed by atoms with Crippen LogP contribution in [0.15, 0.2) is 173 Å². The fourth-order valence-electron chi connectivity index (χ4n) is 5.08. The maximum Gasteiger partial charge on any atom is 0.272 e. The number of amides is 3. The Labute approximate surface area is 289 Å². The molecule has 7 nitrogen and oxygen atoms in total. The summed E-state index contributed by atoms with van der Waals surface area (Å²) in [6.45, 7) is 1.88. The number of carbonyl (C=O) groups excluding carboxylic acids is 3. The minimum atomic E-state index is -0.521. The van der Waals surface area contributed by atoms with E-state index >= 15 is 0 Å². The molecule has 0 bridgehead atoms. The monoisotopic (exact) mass is 663 g/mol. The lowest BCUT2D eigenvalue weighted by Gasteiger charge is -2.26. The molecule has 1 aromatic heterocycles. The van der Waals surface area contributed by atoms with Crippen LogP contribution in [0.5, 0.6) is 0 Å². The van der Waals surface area contributed by atoms with E-state index in [0.29, 0.717) is 22.8 Å². The van der Waals surface area contributed by atoms with Gasteiger partial charge >= 0.3 is 0 Å². The molecule has 3 amide bonds. The van der Waals surface area contributed by atoms with Gasteiger partial charge in [0.25, 0.3) is 11.8 Å². The average Bonchev–Trinajstić information content (AvgIpc) is 3.62. The maximum atomic E-state index is 13.8. The van der Waals surface area contributed by atoms with Gasteiger partial charge in [-0.25, -0.2) is 0 Å². The third-order valence-corrected chi connectivity index (χ3v) is 8.62. The van der Waals surface area contributed by atoms with Crippen LogP contribution in [0.4, 0.5) is 17.1 Å². The number of carbonyl (C=O) groups is 3. The summed E-state index contributed by atoms with van der Waals surface area (Å²) in [5.41, 5.74) is 3.42. The van der Waals surface area contributed by atoms with Crippen molar-refractivity contribution in [2.45, 2.75) is 17.1 Å². The van der Waals surface area contributed by atoms with Gasteiger partial charge in [0.2, 0.25) is 5.91 Å². The number of benzene rings is 5. The molecule has 0 aliphatic rings. The summed E-state index contributed by atoms with van der Waals surface area (Å²) < 4.78 is 5.99. The molecule has 0 aliphatic carbocycles. The number of anilines is 3. The van der Waals surface area contributed by atoms with Gasteiger partial charge in [-0.2, -0.15) is 0 Å². The van der Waals surface area contributed by atoms with Gasteiger partial charge in [0.05, 0.1) is 5.25 Å². The summed E-state index contributed by atoms with van der Waals surface area (Å²) in [7, 11) is 0. The highest BCUT2D eigenvalue weighted by atomic mass is 32.2. The lowest BCUT2D eigenvalue weighted by Crippen LogP contribution is -2.32. The van der Waals surface area contributed by atoms with Crippen LogP contribution in [-0.2, 0) is 9.59 Å². The van der Waals surface area contributed by atoms with Crippen molar-refractivity contribution in [1.82, 2.24) is 5.32 Å². The second-order valence-electron chi connectivity index (χ2n) is 11.0. The molecule has 0 saturated heterocycles. The Bertz CT molecular complexity index is 2010. The summed E-state index contributed by atoms with van der Waals surface area (Å²) in [4.78, 5) is 43.0. The standard InChI is InChI=1S/C41H33N3O4S/c1-29(41(47)44(33-18-10-4-11-19-33)34-20-12-5-13-21-34)49-36-25-22-32(23-26-36)42-40(46)37(43-39(45)31-16-8-3-9-17-31)28-35-24-27-38(48-35)30-14-6-2-7-15-30/h2-29H,1H3,(H,42,46)(H,43,45)/b37-28-/t29-/m1/s1. The summed E-state index contributed by atoms with van der Waals surface area (Å²) >= 11 is 1.43. The van der Waals surface area contributed by atoms with E-state index < -0.39 is 17.1 Å². The Balaban J connectivity index is 1.17. The number of nitrogens with one attached hydrogen (secondary N) is 2. The topological polar surface area (TPSA) is 91.6 Å². The van der Waals surface area contributed by atoms with Crippen LogP contribution in [0, 0.1) is 0 Å². The van der Waals surface area contributed by atoms with E-state index in [1.807, 2.05) is 122 Å². The molecule has 5 aromatic carbocycles.